The maximum Gasteiger partial charge on any atom is 0.251 e. The van der Waals surface area contributed by atoms with Gasteiger partial charge in [-0.05, 0) is 56.2 Å². The molecule has 6 nitrogen and oxygen atoms in total. The first kappa shape index (κ1) is 22.0. The second-order valence-corrected chi connectivity index (χ2v) is 9.65. The zero-order chi connectivity index (χ0) is 21.4. The molecule has 0 bridgehead atoms. The summed E-state index contributed by atoms with van der Waals surface area (Å²) in [6.07, 6.45) is 2.03. The first-order valence-corrected chi connectivity index (χ1v) is 10.3. The summed E-state index contributed by atoms with van der Waals surface area (Å²) in [5.74, 6) is -0.433. The highest BCUT2D eigenvalue weighted by atomic mass is 35.5. The van der Waals surface area contributed by atoms with Crippen molar-refractivity contribution in [1.82, 2.24) is 15.1 Å². The number of halogens is 2. The van der Waals surface area contributed by atoms with E-state index in [-0.39, 0.29) is 34.4 Å². The fourth-order valence-electron chi connectivity index (χ4n) is 4.35. The van der Waals surface area contributed by atoms with Crippen molar-refractivity contribution in [3.63, 3.8) is 0 Å². The molecule has 8 heteroatoms. The molecule has 1 saturated carbocycles. The average molecular weight is 426 g/mol. The van der Waals surface area contributed by atoms with Crippen molar-refractivity contribution < 1.29 is 19.1 Å². The molecule has 0 unspecified atom stereocenters. The van der Waals surface area contributed by atoms with Crippen LogP contribution in [0.3, 0.4) is 0 Å². The highest BCUT2D eigenvalue weighted by Gasteiger charge is 2.52. The minimum atomic E-state index is -0.564. The highest BCUT2D eigenvalue weighted by Crippen LogP contribution is 2.51. The number of likely N-dealkylation sites (N-methyl/N-ethyl adjacent to an activating group) is 1. The lowest BCUT2D eigenvalue weighted by Crippen LogP contribution is -2.65. The van der Waals surface area contributed by atoms with Crippen LogP contribution in [0.4, 0.5) is 4.39 Å². The molecule has 2 aliphatic rings. The second-order valence-electron chi connectivity index (χ2n) is 9.21. The predicted molar refractivity (Wildman–Crippen MR) is 109 cm³/mol. The molecule has 0 radical (unpaired) electrons. The number of carbonyl (C=O) groups excluding carboxylic acids is 2. The Morgan fingerprint density at radius 1 is 1.34 bits per heavy atom. The van der Waals surface area contributed by atoms with Gasteiger partial charge in [-0.1, -0.05) is 11.6 Å². The van der Waals surface area contributed by atoms with Crippen LogP contribution in [0, 0.1) is 17.2 Å². The summed E-state index contributed by atoms with van der Waals surface area (Å²) in [6, 6.07) is 3.81. The predicted octanol–water partition coefficient (Wildman–Crippen LogP) is 2.15. The van der Waals surface area contributed by atoms with E-state index in [1.807, 2.05) is 13.8 Å². The molecule has 2 N–H and O–H groups in total. The van der Waals surface area contributed by atoms with E-state index in [0.717, 1.165) is 25.9 Å². The van der Waals surface area contributed by atoms with E-state index in [9.17, 15) is 19.1 Å². The quantitative estimate of drug-likeness (QED) is 0.702. The van der Waals surface area contributed by atoms with Crippen LogP contribution in [-0.2, 0) is 4.79 Å². The van der Waals surface area contributed by atoms with Gasteiger partial charge in [0.25, 0.3) is 5.91 Å². The molecule has 1 heterocycles. The van der Waals surface area contributed by atoms with Crippen LogP contribution < -0.4 is 5.32 Å². The molecule has 1 aromatic rings. The number of benzene rings is 1. The molecule has 0 atom stereocenters. The van der Waals surface area contributed by atoms with E-state index in [1.165, 1.54) is 18.2 Å². The van der Waals surface area contributed by atoms with Gasteiger partial charge in [-0.25, -0.2) is 4.39 Å². The van der Waals surface area contributed by atoms with Gasteiger partial charge >= 0.3 is 0 Å². The number of amides is 2. The van der Waals surface area contributed by atoms with E-state index < -0.39 is 11.4 Å². The molecule has 1 spiro atoms. The number of hydrogen-bond acceptors (Lipinski definition) is 4. The minimum absolute atomic E-state index is 0.00999. The molecule has 29 heavy (non-hydrogen) atoms. The zero-order valence-electron chi connectivity index (χ0n) is 17.2. The van der Waals surface area contributed by atoms with Gasteiger partial charge < -0.3 is 15.3 Å². The standard InChI is InChI=1S/C21H29ClFN3O3/c1-20(2,13-27)25(3)18(28)10-26-11-21(12-26)7-14(8-21)9-24-19(29)15-4-16(22)6-17(23)5-15/h4-6,14,27H,7-13H2,1-3H3,(H,24,29). The van der Waals surface area contributed by atoms with Crippen LogP contribution in [0.25, 0.3) is 0 Å². The topological polar surface area (TPSA) is 72.9 Å². The summed E-state index contributed by atoms with van der Waals surface area (Å²) in [4.78, 5) is 28.3. The van der Waals surface area contributed by atoms with Crippen LogP contribution in [0.2, 0.25) is 5.02 Å². The van der Waals surface area contributed by atoms with Crippen molar-refractivity contribution in [3.8, 4) is 0 Å². The summed E-state index contributed by atoms with van der Waals surface area (Å²) in [6.45, 7) is 6.29. The fraction of sp³-hybridized carbons (Fsp3) is 0.619. The number of rotatable bonds is 7. The van der Waals surface area contributed by atoms with E-state index in [0.29, 0.717) is 19.0 Å². The van der Waals surface area contributed by atoms with Crippen LogP contribution in [0.15, 0.2) is 18.2 Å². The third kappa shape index (κ3) is 4.90. The molecule has 1 aliphatic heterocycles. The first-order valence-electron chi connectivity index (χ1n) is 9.88. The van der Waals surface area contributed by atoms with Crippen LogP contribution >= 0.6 is 11.6 Å². The lowest BCUT2D eigenvalue weighted by atomic mass is 9.57. The van der Waals surface area contributed by atoms with Gasteiger partial charge in [0, 0.05) is 37.3 Å². The third-order valence-corrected chi connectivity index (χ3v) is 6.48. The Morgan fingerprint density at radius 2 is 2.00 bits per heavy atom. The Balaban J connectivity index is 1.38. The number of nitrogens with zero attached hydrogens (tertiary/aromatic N) is 2. The molecule has 160 valence electrons. The molecule has 2 amide bonds. The molecule has 2 fully saturated rings. The first-order chi connectivity index (χ1) is 13.5. The van der Waals surface area contributed by atoms with Crippen molar-refractivity contribution in [1.29, 1.82) is 0 Å². The minimum Gasteiger partial charge on any atom is -0.394 e. The van der Waals surface area contributed by atoms with Gasteiger partial charge in [-0.15, -0.1) is 0 Å². The van der Waals surface area contributed by atoms with Crippen LogP contribution in [0.1, 0.15) is 37.0 Å². The van der Waals surface area contributed by atoms with Gasteiger partial charge in [0.15, 0.2) is 0 Å². The van der Waals surface area contributed by atoms with E-state index in [2.05, 4.69) is 10.2 Å². The Morgan fingerprint density at radius 3 is 2.59 bits per heavy atom. The van der Waals surface area contributed by atoms with E-state index >= 15 is 0 Å². The normalized spacial score (nSPS) is 18.8. The number of hydrogen-bond donors (Lipinski definition) is 2. The second kappa shape index (κ2) is 8.20. The van der Waals surface area contributed by atoms with Crippen LogP contribution in [-0.4, -0.2) is 72.1 Å². The van der Waals surface area contributed by atoms with Gasteiger partial charge in [-0.2, -0.15) is 0 Å². The molecular formula is C21H29ClFN3O3. The smallest absolute Gasteiger partial charge is 0.251 e. The molecular weight excluding hydrogens is 397 g/mol. The zero-order valence-corrected chi connectivity index (χ0v) is 17.9. The number of carbonyl (C=O) groups is 2. The van der Waals surface area contributed by atoms with Crippen LogP contribution in [0.5, 0.6) is 0 Å². The summed E-state index contributed by atoms with van der Waals surface area (Å²) >= 11 is 5.80. The summed E-state index contributed by atoms with van der Waals surface area (Å²) in [5, 5.41) is 12.5. The van der Waals surface area contributed by atoms with Crippen molar-refractivity contribution in [2.75, 3.05) is 39.8 Å². The molecule has 3 rings (SSSR count). The molecule has 1 aromatic carbocycles. The van der Waals surface area contributed by atoms with Gasteiger partial charge in [0.1, 0.15) is 5.82 Å². The lowest BCUT2D eigenvalue weighted by molar-refractivity contribution is -0.145. The lowest BCUT2D eigenvalue weighted by Gasteiger charge is -2.59. The number of likely N-dealkylation sites (tertiary alicyclic amines) is 1. The Hall–Kier alpha value is -1.70. The molecule has 1 saturated heterocycles. The Bertz CT molecular complexity index is 767. The van der Waals surface area contributed by atoms with Crippen molar-refractivity contribution in [2.45, 2.75) is 32.2 Å². The fourth-order valence-corrected chi connectivity index (χ4v) is 4.57. The van der Waals surface area contributed by atoms with Gasteiger partial charge in [-0.3, -0.25) is 14.5 Å². The van der Waals surface area contributed by atoms with Gasteiger partial charge in [0.05, 0.1) is 18.7 Å². The summed E-state index contributed by atoms with van der Waals surface area (Å²) in [7, 11) is 1.72. The van der Waals surface area contributed by atoms with Crippen molar-refractivity contribution in [3.05, 3.63) is 34.6 Å². The molecule has 0 aromatic heterocycles. The van der Waals surface area contributed by atoms with E-state index in [1.54, 1.807) is 11.9 Å². The summed E-state index contributed by atoms with van der Waals surface area (Å²) in [5.41, 5.74) is -0.0823. The number of aliphatic hydroxyl groups excluding tert-OH is 1. The summed E-state index contributed by atoms with van der Waals surface area (Å²) < 4.78 is 13.4. The number of aliphatic hydroxyl groups is 1. The maximum atomic E-state index is 13.4. The van der Waals surface area contributed by atoms with E-state index in [4.69, 9.17) is 11.6 Å². The largest absolute Gasteiger partial charge is 0.394 e. The average Bonchev–Trinajstić information content (AvgIpc) is 2.59. The van der Waals surface area contributed by atoms with Crippen molar-refractivity contribution in [2.24, 2.45) is 11.3 Å². The Labute approximate surface area is 176 Å². The Kier molecular flexibility index (Phi) is 6.22. The monoisotopic (exact) mass is 425 g/mol. The molecule has 1 aliphatic carbocycles. The SMILES string of the molecule is CN(C(=O)CN1CC2(CC(CNC(=O)c3cc(F)cc(Cl)c3)C2)C1)C(C)(C)CO. The van der Waals surface area contributed by atoms with Crippen molar-refractivity contribution >= 4 is 23.4 Å². The number of nitrogens with one attached hydrogen (secondary N) is 1. The third-order valence-electron chi connectivity index (χ3n) is 6.27. The van der Waals surface area contributed by atoms with Gasteiger partial charge in [0.2, 0.25) is 5.91 Å². The maximum absolute atomic E-state index is 13.4. The highest BCUT2D eigenvalue weighted by molar-refractivity contribution is 6.31.